The maximum absolute atomic E-state index is 13.1. The molecule has 2 amide bonds. The fourth-order valence-corrected chi connectivity index (χ4v) is 4.91. The number of nitrogens with one attached hydrogen (secondary N) is 1. The van der Waals surface area contributed by atoms with E-state index in [1.807, 2.05) is 47.4 Å². The van der Waals surface area contributed by atoms with Crippen LogP contribution in [-0.2, 0) is 11.3 Å². The van der Waals surface area contributed by atoms with E-state index in [0.29, 0.717) is 27.8 Å². The highest BCUT2D eigenvalue weighted by Crippen LogP contribution is 2.26. The van der Waals surface area contributed by atoms with Gasteiger partial charge in [-0.1, -0.05) is 41.4 Å². The molecule has 4 rings (SSSR count). The Morgan fingerprint density at radius 2 is 1.72 bits per heavy atom. The van der Waals surface area contributed by atoms with Crippen molar-refractivity contribution < 1.29 is 9.59 Å². The number of halogens is 2. The van der Waals surface area contributed by atoms with Crippen LogP contribution in [0.2, 0.25) is 10.0 Å². The Bertz CT molecular complexity index is 975. The number of likely N-dealkylation sites (tertiary alicyclic amines) is 2. The number of amides is 2. The molecule has 1 atom stereocenters. The standard InChI is InChI=1S/C25H29Cl2N3O2/c26-21-11-10-18(15-22(21)27)16-29-12-6-7-19(17-29)24(31)28-23-9-3-2-8-20(23)25(32)30-13-4-1-5-14-30/h2-3,8-11,15,19H,1,4-7,12-14,16-17H2,(H,28,31). The van der Waals surface area contributed by atoms with Gasteiger partial charge in [0.05, 0.1) is 27.2 Å². The summed E-state index contributed by atoms with van der Waals surface area (Å²) < 4.78 is 0. The van der Waals surface area contributed by atoms with Gasteiger partial charge in [0.1, 0.15) is 0 Å². The number of benzene rings is 2. The molecule has 2 saturated heterocycles. The zero-order valence-corrected chi connectivity index (χ0v) is 19.7. The van der Waals surface area contributed by atoms with Crippen LogP contribution in [0.15, 0.2) is 42.5 Å². The second-order valence-electron chi connectivity index (χ2n) is 8.71. The fraction of sp³-hybridized carbons (Fsp3) is 0.440. The lowest BCUT2D eigenvalue weighted by molar-refractivity contribution is -0.121. The molecule has 0 aliphatic carbocycles. The molecular weight excluding hydrogens is 445 g/mol. The summed E-state index contributed by atoms with van der Waals surface area (Å²) in [6.07, 6.45) is 5.04. The van der Waals surface area contributed by atoms with Crippen LogP contribution < -0.4 is 5.32 Å². The third kappa shape index (κ3) is 5.64. The predicted molar refractivity (Wildman–Crippen MR) is 129 cm³/mol. The molecule has 2 aromatic rings. The Morgan fingerprint density at radius 1 is 0.938 bits per heavy atom. The van der Waals surface area contributed by atoms with E-state index in [4.69, 9.17) is 23.2 Å². The molecule has 1 unspecified atom stereocenters. The predicted octanol–water partition coefficient (Wildman–Crippen LogP) is 5.47. The van der Waals surface area contributed by atoms with Gasteiger partial charge in [-0.3, -0.25) is 14.5 Å². The summed E-state index contributed by atoms with van der Waals surface area (Å²) in [5, 5.41) is 4.14. The van der Waals surface area contributed by atoms with Crippen LogP contribution in [0.1, 0.15) is 48.0 Å². The monoisotopic (exact) mass is 473 g/mol. The Morgan fingerprint density at radius 3 is 2.50 bits per heavy atom. The topological polar surface area (TPSA) is 52.7 Å². The molecule has 0 aromatic heterocycles. The lowest BCUT2D eigenvalue weighted by atomic mass is 9.96. The summed E-state index contributed by atoms with van der Waals surface area (Å²) >= 11 is 12.2. The third-order valence-electron chi connectivity index (χ3n) is 6.33. The molecule has 5 nitrogen and oxygen atoms in total. The van der Waals surface area contributed by atoms with Gasteiger partial charge in [0, 0.05) is 26.2 Å². The van der Waals surface area contributed by atoms with Gasteiger partial charge in [-0.15, -0.1) is 0 Å². The third-order valence-corrected chi connectivity index (χ3v) is 7.06. The minimum absolute atomic E-state index is 0.00508. The number of anilines is 1. The molecule has 7 heteroatoms. The summed E-state index contributed by atoms with van der Waals surface area (Å²) in [4.78, 5) is 30.3. The smallest absolute Gasteiger partial charge is 0.255 e. The molecule has 1 N–H and O–H groups in total. The molecule has 0 bridgehead atoms. The number of para-hydroxylation sites is 1. The SMILES string of the molecule is O=C(Nc1ccccc1C(=O)N1CCCCC1)C1CCCN(Cc2ccc(Cl)c(Cl)c2)C1. The highest BCUT2D eigenvalue weighted by Gasteiger charge is 2.27. The highest BCUT2D eigenvalue weighted by molar-refractivity contribution is 6.42. The number of rotatable bonds is 5. The van der Waals surface area contributed by atoms with Gasteiger partial charge in [-0.2, -0.15) is 0 Å². The van der Waals surface area contributed by atoms with Crippen molar-refractivity contribution in [2.75, 3.05) is 31.5 Å². The first-order valence-electron chi connectivity index (χ1n) is 11.4. The van der Waals surface area contributed by atoms with Crippen molar-refractivity contribution in [2.24, 2.45) is 5.92 Å². The van der Waals surface area contributed by atoms with E-state index < -0.39 is 0 Å². The van der Waals surface area contributed by atoms with Crippen molar-refractivity contribution in [3.05, 3.63) is 63.6 Å². The van der Waals surface area contributed by atoms with Crippen LogP contribution in [0, 0.1) is 5.92 Å². The molecule has 2 fully saturated rings. The van der Waals surface area contributed by atoms with Gasteiger partial charge in [-0.05, 0) is 68.5 Å². The van der Waals surface area contributed by atoms with Crippen LogP contribution >= 0.6 is 23.2 Å². The summed E-state index contributed by atoms with van der Waals surface area (Å²) in [5.41, 5.74) is 2.26. The quantitative estimate of drug-likeness (QED) is 0.625. The lowest BCUT2D eigenvalue weighted by Gasteiger charge is -2.32. The van der Waals surface area contributed by atoms with Crippen molar-refractivity contribution in [2.45, 2.75) is 38.6 Å². The first kappa shape index (κ1) is 23.1. The first-order chi connectivity index (χ1) is 15.5. The summed E-state index contributed by atoms with van der Waals surface area (Å²) in [7, 11) is 0. The van der Waals surface area contributed by atoms with Crippen LogP contribution in [0.3, 0.4) is 0 Å². The van der Waals surface area contributed by atoms with E-state index in [1.54, 1.807) is 0 Å². The van der Waals surface area contributed by atoms with Crippen LogP contribution in [0.25, 0.3) is 0 Å². The second-order valence-corrected chi connectivity index (χ2v) is 9.52. The van der Waals surface area contributed by atoms with Gasteiger partial charge in [-0.25, -0.2) is 0 Å². The maximum atomic E-state index is 13.1. The van der Waals surface area contributed by atoms with Gasteiger partial charge >= 0.3 is 0 Å². The number of carbonyl (C=O) groups excluding carboxylic acids is 2. The molecule has 170 valence electrons. The molecule has 2 aliphatic rings. The minimum atomic E-state index is -0.121. The summed E-state index contributed by atoms with van der Waals surface area (Å²) in [6.45, 7) is 3.91. The summed E-state index contributed by atoms with van der Waals surface area (Å²) in [5.74, 6) is -0.141. The first-order valence-corrected chi connectivity index (χ1v) is 12.1. The van der Waals surface area contributed by atoms with E-state index in [0.717, 1.165) is 57.4 Å². The van der Waals surface area contributed by atoms with E-state index in [1.165, 1.54) is 6.42 Å². The number of nitrogens with zero attached hydrogens (tertiary/aromatic N) is 2. The Hall–Kier alpha value is -2.08. The molecule has 0 saturated carbocycles. The van der Waals surface area contributed by atoms with Crippen molar-refractivity contribution in [1.82, 2.24) is 9.80 Å². The van der Waals surface area contributed by atoms with Crippen molar-refractivity contribution in [3.63, 3.8) is 0 Å². The Kier molecular flexibility index (Phi) is 7.71. The molecule has 2 aliphatic heterocycles. The molecular formula is C25H29Cl2N3O2. The molecule has 2 heterocycles. The van der Waals surface area contributed by atoms with Gasteiger partial charge < -0.3 is 10.2 Å². The fourth-order valence-electron chi connectivity index (χ4n) is 4.59. The lowest BCUT2D eigenvalue weighted by Crippen LogP contribution is -2.40. The van der Waals surface area contributed by atoms with Crippen molar-refractivity contribution in [1.29, 1.82) is 0 Å². The average Bonchev–Trinajstić information content (AvgIpc) is 2.82. The Balaban J connectivity index is 1.40. The van der Waals surface area contributed by atoms with E-state index >= 15 is 0 Å². The summed E-state index contributed by atoms with van der Waals surface area (Å²) in [6, 6.07) is 13.0. The number of carbonyl (C=O) groups is 2. The van der Waals surface area contributed by atoms with Gasteiger partial charge in [0.2, 0.25) is 5.91 Å². The second kappa shape index (κ2) is 10.7. The largest absolute Gasteiger partial charge is 0.339 e. The molecule has 0 spiro atoms. The maximum Gasteiger partial charge on any atom is 0.255 e. The van der Waals surface area contributed by atoms with Gasteiger partial charge in [0.15, 0.2) is 0 Å². The van der Waals surface area contributed by atoms with Crippen LogP contribution in [0.5, 0.6) is 0 Å². The van der Waals surface area contributed by atoms with Crippen LogP contribution in [-0.4, -0.2) is 47.8 Å². The molecule has 2 aromatic carbocycles. The van der Waals surface area contributed by atoms with E-state index in [2.05, 4.69) is 10.2 Å². The normalized spacial score (nSPS) is 19.6. The average molecular weight is 474 g/mol. The van der Waals surface area contributed by atoms with Crippen molar-refractivity contribution >= 4 is 40.7 Å². The molecule has 32 heavy (non-hydrogen) atoms. The van der Waals surface area contributed by atoms with Gasteiger partial charge in [0.25, 0.3) is 5.91 Å². The number of piperidine rings is 2. The van der Waals surface area contributed by atoms with E-state index in [-0.39, 0.29) is 17.7 Å². The zero-order valence-electron chi connectivity index (χ0n) is 18.2. The zero-order chi connectivity index (χ0) is 22.5. The minimum Gasteiger partial charge on any atom is -0.339 e. The van der Waals surface area contributed by atoms with E-state index in [9.17, 15) is 9.59 Å². The van der Waals surface area contributed by atoms with Crippen LogP contribution in [0.4, 0.5) is 5.69 Å². The number of hydrogen-bond acceptors (Lipinski definition) is 3. The highest BCUT2D eigenvalue weighted by atomic mass is 35.5. The van der Waals surface area contributed by atoms with Crippen molar-refractivity contribution in [3.8, 4) is 0 Å². The number of hydrogen-bond donors (Lipinski definition) is 1. The Labute approximate surface area is 199 Å². The molecule has 0 radical (unpaired) electrons.